The smallest absolute Gasteiger partial charge is 0.412 e. The largest absolute Gasteiger partial charge is 0.496 e. The van der Waals surface area contributed by atoms with Gasteiger partial charge in [0.25, 0.3) is 0 Å². The van der Waals surface area contributed by atoms with Crippen LogP contribution < -0.4 is 10.1 Å². The van der Waals surface area contributed by atoms with Crippen LogP contribution in [0.5, 0.6) is 5.75 Å². The van der Waals surface area contributed by atoms with Crippen LogP contribution in [0.4, 0.5) is 10.5 Å². The van der Waals surface area contributed by atoms with E-state index in [1.807, 2.05) is 32.9 Å². The Hall–Kier alpha value is -3.34. The Morgan fingerprint density at radius 3 is 2.13 bits per heavy atom. The Bertz CT molecular complexity index is 1070. The summed E-state index contributed by atoms with van der Waals surface area (Å²) in [4.78, 5) is 16.8. The fraction of sp³-hybridized carbons (Fsp3) is 0.280. The number of benzene rings is 2. The first-order valence-corrected chi connectivity index (χ1v) is 9.90. The van der Waals surface area contributed by atoms with E-state index >= 15 is 0 Å². The molecule has 0 saturated carbocycles. The average molecular weight is 405 g/mol. The fourth-order valence-electron chi connectivity index (χ4n) is 3.67. The summed E-state index contributed by atoms with van der Waals surface area (Å²) in [5.74, 6) is 0.765. The molecule has 0 saturated heterocycles. The maximum Gasteiger partial charge on any atom is 0.412 e. The third-order valence-electron chi connectivity index (χ3n) is 4.97. The van der Waals surface area contributed by atoms with Gasteiger partial charge in [0.2, 0.25) is 0 Å². The number of hydrogen-bond acceptors (Lipinski definition) is 4. The predicted octanol–water partition coefficient (Wildman–Crippen LogP) is 6.05. The molecule has 0 aliphatic rings. The van der Waals surface area contributed by atoms with Crippen molar-refractivity contribution in [2.45, 2.75) is 41.2 Å². The number of aromatic nitrogens is 1. The molecule has 5 heteroatoms. The van der Waals surface area contributed by atoms with E-state index < -0.39 is 6.09 Å². The molecule has 1 N–H and O–H groups in total. The molecule has 0 unspecified atom stereocenters. The summed E-state index contributed by atoms with van der Waals surface area (Å²) >= 11 is 0. The van der Waals surface area contributed by atoms with Crippen molar-refractivity contribution in [1.82, 2.24) is 4.98 Å². The first-order chi connectivity index (χ1) is 14.3. The Morgan fingerprint density at radius 2 is 1.50 bits per heavy atom. The lowest BCUT2D eigenvalue weighted by molar-refractivity contribution is 0.153. The van der Waals surface area contributed by atoms with E-state index in [0.717, 1.165) is 33.6 Å². The number of carbonyl (C=O) groups excluding carboxylic acids is 1. The molecule has 0 radical (unpaired) electrons. The van der Waals surface area contributed by atoms with E-state index in [1.54, 1.807) is 13.3 Å². The second-order valence-corrected chi connectivity index (χ2v) is 7.71. The van der Waals surface area contributed by atoms with Crippen molar-refractivity contribution in [1.29, 1.82) is 0 Å². The summed E-state index contributed by atoms with van der Waals surface area (Å²) in [6.07, 6.45) is 1.20. The first kappa shape index (κ1) is 21.4. The number of aryl methyl sites for hydroxylation is 4. The van der Waals surface area contributed by atoms with E-state index in [-0.39, 0.29) is 6.61 Å². The summed E-state index contributed by atoms with van der Waals surface area (Å²) in [6, 6.07) is 12.4. The molecule has 0 fully saturated rings. The number of pyridine rings is 1. The van der Waals surface area contributed by atoms with Crippen LogP contribution in [0.2, 0.25) is 0 Å². The zero-order valence-corrected chi connectivity index (χ0v) is 18.4. The summed E-state index contributed by atoms with van der Waals surface area (Å²) in [5, 5.41) is 2.83. The number of anilines is 1. The monoisotopic (exact) mass is 404 g/mol. The maximum atomic E-state index is 12.4. The van der Waals surface area contributed by atoms with Crippen LogP contribution >= 0.6 is 0 Å². The van der Waals surface area contributed by atoms with E-state index in [9.17, 15) is 4.79 Å². The number of nitrogens with one attached hydrogen (secondary N) is 1. The molecule has 0 atom stereocenters. The molecule has 1 aromatic heterocycles. The molecular weight excluding hydrogens is 376 g/mol. The van der Waals surface area contributed by atoms with Crippen molar-refractivity contribution in [3.63, 3.8) is 0 Å². The number of amides is 1. The Morgan fingerprint density at radius 1 is 0.900 bits per heavy atom. The van der Waals surface area contributed by atoms with Gasteiger partial charge in [-0.05, 0) is 63.4 Å². The number of hydrogen-bond donors (Lipinski definition) is 1. The zero-order valence-electron chi connectivity index (χ0n) is 18.4. The lowest BCUT2D eigenvalue weighted by Gasteiger charge is -2.13. The van der Waals surface area contributed by atoms with Gasteiger partial charge in [-0.25, -0.2) is 4.79 Å². The van der Waals surface area contributed by atoms with Crippen LogP contribution in [0.1, 0.15) is 33.5 Å². The van der Waals surface area contributed by atoms with Crippen LogP contribution in [0.25, 0.3) is 11.1 Å². The van der Waals surface area contributed by atoms with Crippen molar-refractivity contribution in [3.8, 4) is 16.9 Å². The highest BCUT2D eigenvalue weighted by atomic mass is 16.5. The Balaban J connectivity index is 1.74. The summed E-state index contributed by atoms with van der Waals surface area (Å²) < 4.78 is 10.8. The standard InChI is InChI=1S/C25H28N2O3/c1-15-7-16(2)9-20(8-15)21-10-17(3)11-22(12-21)27-25(28)30-14-23-19(5)24(29-6)18(4)13-26-23/h7-13H,14H2,1-6H3,(H,27,28). The molecule has 156 valence electrons. The van der Waals surface area contributed by atoms with Crippen LogP contribution in [0.15, 0.2) is 42.6 Å². The lowest BCUT2D eigenvalue weighted by Crippen LogP contribution is -2.15. The molecule has 5 nitrogen and oxygen atoms in total. The number of ether oxygens (including phenoxy) is 2. The van der Waals surface area contributed by atoms with E-state index in [2.05, 4.69) is 48.4 Å². The number of carbonyl (C=O) groups is 1. The fourth-order valence-corrected chi connectivity index (χ4v) is 3.67. The van der Waals surface area contributed by atoms with Gasteiger partial charge in [-0.15, -0.1) is 0 Å². The molecule has 0 spiro atoms. The first-order valence-electron chi connectivity index (χ1n) is 9.90. The van der Waals surface area contributed by atoms with Gasteiger partial charge in [0, 0.05) is 23.0 Å². The van der Waals surface area contributed by atoms with Crippen molar-refractivity contribution in [3.05, 3.63) is 76.1 Å². The highest BCUT2D eigenvalue weighted by molar-refractivity contribution is 5.86. The third kappa shape index (κ3) is 4.98. The van der Waals surface area contributed by atoms with Gasteiger partial charge in [0.05, 0.1) is 12.8 Å². The average Bonchev–Trinajstić information content (AvgIpc) is 2.66. The van der Waals surface area contributed by atoms with Gasteiger partial charge in [-0.2, -0.15) is 0 Å². The minimum atomic E-state index is -0.521. The molecular formula is C25H28N2O3. The van der Waals surface area contributed by atoms with Crippen molar-refractivity contribution >= 4 is 11.8 Å². The van der Waals surface area contributed by atoms with Gasteiger partial charge >= 0.3 is 6.09 Å². The molecule has 3 aromatic rings. The molecule has 0 aliphatic carbocycles. The topological polar surface area (TPSA) is 60.5 Å². The number of rotatable bonds is 5. The van der Waals surface area contributed by atoms with E-state index in [4.69, 9.17) is 9.47 Å². The van der Waals surface area contributed by atoms with Gasteiger partial charge < -0.3 is 9.47 Å². The summed E-state index contributed by atoms with van der Waals surface area (Å²) in [7, 11) is 1.62. The number of nitrogens with zero attached hydrogens (tertiary/aromatic N) is 1. The van der Waals surface area contributed by atoms with E-state index in [0.29, 0.717) is 11.4 Å². The minimum Gasteiger partial charge on any atom is -0.496 e. The molecule has 0 bridgehead atoms. The Labute approximate surface area is 178 Å². The molecule has 1 heterocycles. The highest BCUT2D eigenvalue weighted by Crippen LogP contribution is 2.27. The number of methoxy groups -OCH3 is 1. The maximum absolute atomic E-state index is 12.4. The quantitative estimate of drug-likeness (QED) is 0.562. The van der Waals surface area contributed by atoms with Crippen molar-refractivity contribution in [2.24, 2.45) is 0 Å². The Kier molecular flexibility index (Phi) is 6.40. The van der Waals surface area contributed by atoms with Gasteiger partial charge in [-0.3, -0.25) is 10.3 Å². The second-order valence-electron chi connectivity index (χ2n) is 7.71. The van der Waals surface area contributed by atoms with Crippen LogP contribution in [0.3, 0.4) is 0 Å². The zero-order chi connectivity index (χ0) is 21.8. The van der Waals surface area contributed by atoms with Crippen molar-refractivity contribution in [2.75, 3.05) is 12.4 Å². The molecule has 2 aromatic carbocycles. The van der Waals surface area contributed by atoms with E-state index in [1.165, 1.54) is 11.1 Å². The minimum absolute atomic E-state index is 0.0735. The summed E-state index contributed by atoms with van der Waals surface area (Å²) in [5.41, 5.74) is 8.83. The second kappa shape index (κ2) is 8.99. The van der Waals surface area contributed by atoms with Crippen LogP contribution in [-0.4, -0.2) is 18.2 Å². The molecule has 0 aliphatic heterocycles. The molecule has 30 heavy (non-hydrogen) atoms. The summed E-state index contributed by atoms with van der Waals surface area (Å²) in [6.45, 7) is 10.1. The van der Waals surface area contributed by atoms with Crippen LogP contribution in [-0.2, 0) is 11.3 Å². The predicted molar refractivity (Wildman–Crippen MR) is 120 cm³/mol. The van der Waals surface area contributed by atoms with Crippen LogP contribution in [0, 0.1) is 34.6 Å². The van der Waals surface area contributed by atoms with Crippen molar-refractivity contribution < 1.29 is 14.3 Å². The van der Waals surface area contributed by atoms with Gasteiger partial charge in [0.15, 0.2) is 0 Å². The van der Waals surface area contributed by atoms with Gasteiger partial charge in [-0.1, -0.05) is 35.4 Å². The third-order valence-corrected chi connectivity index (χ3v) is 4.97. The molecule has 1 amide bonds. The highest BCUT2D eigenvalue weighted by Gasteiger charge is 2.12. The van der Waals surface area contributed by atoms with Gasteiger partial charge in [0.1, 0.15) is 12.4 Å². The SMILES string of the molecule is COc1c(C)cnc(COC(=O)Nc2cc(C)cc(-c3cc(C)cc(C)c3)c2)c1C. The molecule has 3 rings (SSSR count). The lowest BCUT2D eigenvalue weighted by atomic mass is 9.99. The normalized spacial score (nSPS) is 10.6.